The molecule has 2 saturated carbocycles. The summed E-state index contributed by atoms with van der Waals surface area (Å²) in [6, 6.07) is 2.81. The first-order valence-electron chi connectivity index (χ1n) is 18.3. The highest BCUT2D eigenvalue weighted by atomic mass is 16.7. The summed E-state index contributed by atoms with van der Waals surface area (Å²) >= 11 is 0. The van der Waals surface area contributed by atoms with E-state index in [1.54, 1.807) is 0 Å². The molecule has 0 amide bonds. The van der Waals surface area contributed by atoms with E-state index in [0.717, 1.165) is 55.4 Å². The zero-order valence-electron chi connectivity index (χ0n) is 33.4. The van der Waals surface area contributed by atoms with E-state index in [2.05, 4.69) is 4.98 Å². The first-order chi connectivity index (χ1) is 26.9. The number of aromatic nitrogens is 1. The van der Waals surface area contributed by atoms with E-state index in [1.165, 1.54) is 25.3 Å². The second-order valence-electron chi connectivity index (χ2n) is 15.6. The van der Waals surface area contributed by atoms with Crippen LogP contribution in [0.2, 0.25) is 0 Å². The fraction of sp³-hybridized carbons (Fsp3) is 0.658. The number of aryl methyl sites for hydroxylation is 1. The molecule has 3 fully saturated rings. The molecule has 1 unspecified atom stereocenters. The van der Waals surface area contributed by atoms with Gasteiger partial charge in [0.25, 0.3) is 0 Å². The van der Waals surface area contributed by atoms with E-state index in [0.29, 0.717) is 0 Å². The van der Waals surface area contributed by atoms with Gasteiger partial charge in [0.05, 0.1) is 17.2 Å². The number of rotatable bonds is 7. The van der Waals surface area contributed by atoms with Gasteiger partial charge in [0.15, 0.2) is 35.6 Å². The second-order valence-corrected chi connectivity index (χ2v) is 15.6. The van der Waals surface area contributed by atoms with Crippen LogP contribution >= 0.6 is 0 Å². The Kier molecular flexibility index (Phi) is 11.7. The van der Waals surface area contributed by atoms with Crippen LogP contribution in [0.25, 0.3) is 0 Å². The third kappa shape index (κ3) is 7.25. The summed E-state index contributed by atoms with van der Waals surface area (Å²) in [5, 5.41) is 25.0. The molecule has 3 heterocycles. The van der Waals surface area contributed by atoms with Crippen LogP contribution in [0.5, 0.6) is 0 Å². The molecule has 2 aliphatic heterocycles. The molecule has 318 valence electrons. The van der Waals surface area contributed by atoms with Crippen molar-refractivity contribution in [2.75, 3.05) is 13.2 Å². The van der Waals surface area contributed by atoms with Crippen LogP contribution < -0.4 is 0 Å². The lowest BCUT2D eigenvalue weighted by Crippen LogP contribution is -2.89. The van der Waals surface area contributed by atoms with Crippen LogP contribution in [0.1, 0.15) is 84.8 Å². The first kappa shape index (κ1) is 43.9. The summed E-state index contributed by atoms with van der Waals surface area (Å²) in [7, 11) is 0. The van der Waals surface area contributed by atoms with Crippen molar-refractivity contribution in [3.8, 4) is 0 Å². The molecule has 12 atom stereocenters. The monoisotopic (exact) mass is 821 g/mol. The predicted octanol–water partition coefficient (Wildman–Crippen LogP) is -0.0225. The van der Waals surface area contributed by atoms with E-state index in [-0.39, 0.29) is 17.7 Å². The summed E-state index contributed by atoms with van der Waals surface area (Å²) < 4.78 is 53.8. The lowest BCUT2D eigenvalue weighted by atomic mass is 9.45. The van der Waals surface area contributed by atoms with Crippen LogP contribution in [0.4, 0.5) is 0 Å². The van der Waals surface area contributed by atoms with Gasteiger partial charge in [-0.3, -0.25) is 33.8 Å². The van der Waals surface area contributed by atoms with Gasteiger partial charge in [-0.2, -0.15) is 0 Å². The summed E-state index contributed by atoms with van der Waals surface area (Å²) in [5.41, 5.74) is -12.9. The van der Waals surface area contributed by atoms with Gasteiger partial charge in [0, 0.05) is 47.7 Å². The van der Waals surface area contributed by atoms with Crippen LogP contribution in [-0.4, -0.2) is 135 Å². The predicted molar refractivity (Wildman–Crippen MR) is 187 cm³/mol. The number of hydrogen-bond donors (Lipinski definition) is 2. The Bertz CT molecular complexity index is 1890. The first-order valence-corrected chi connectivity index (χ1v) is 18.3. The van der Waals surface area contributed by atoms with Crippen molar-refractivity contribution in [3.63, 3.8) is 0 Å². The molecule has 2 aliphatic carbocycles. The van der Waals surface area contributed by atoms with E-state index in [1.807, 2.05) is 0 Å². The molecule has 20 nitrogen and oxygen atoms in total. The van der Waals surface area contributed by atoms with E-state index in [9.17, 15) is 48.6 Å². The highest BCUT2D eigenvalue weighted by Crippen LogP contribution is 2.70. The standard InChI is InChI=1S/C38H47NO19/c1-17(40)50-16-37-30(55-21(5)44)26(52-18(2)41)25-28(54-20(4)43)38(37)36(9,49)29(27(53-19(3)42)31(37)56-22(6)45)57-33(47)34(7,48)13-12-24-23(11-10-14-39-24)32(46)51-15-35(25,8)58-38/h10-11,14,25-31,48-49H,12-13,15-16H2,1-9H3/t25-,26-,27+,28-,29+,30-,31+,34?,35+,36+,37-,38-/m1/s1. The van der Waals surface area contributed by atoms with Crippen molar-refractivity contribution in [3.05, 3.63) is 29.6 Å². The normalized spacial score (nSPS) is 37.9. The molecule has 4 bridgehead atoms. The maximum atomic E-state index is 14.2. The summed E-state index contributed by atoms with van der Waals surface area (Å²) in [5.74, 6) is -10.4. The molecule has 1 aromatic heterocycles. The van der Waals surface area contributed by atoms with Crippen LogP contribution in [0, 0.1) is 11.3 Å². The minimum absolute atomic E-state index is 0.0880. The minimum atomic E-state index is -2.93. The van der Waals surface area contributed by atoms with Crippen molar-refractivity contribution in [2.24, 2.45) is 11.3 Å². The van der Waals surface area contributed by atoms with E-state index in [4.69, 9.17) is 42.6 Å². The number of hydrogen-bond acceptors (Lipinski definition) is 20. The highest BCUT2D eigenvalue weighted by molar-refractivity contribution is 5.90. The maximum Gasteiger partial charge on any atom is 0.340 e. The molecule has 20 heteroatoms. The molecule has 1 aromatic rings. The maximum absolute atomic E-state index is 14.2. The lowest BCUT2D eigenvalue weighted by molar-refractivity contribution is -0.387. The number of carbonyl (C=O) groups excluding carboxylic acids is 8. The fourth-order valence-corrected chi connectivity index (χ4v) is 9.15. The second kappa shape index (κ2) is 15.5. The number of fused-ring (bicyclic) bond motifs is 5. The molecular weight excluding hydrogens is 774 g/mol. The Labute approximate surface area is 332 Å². The average Bonchev–Trinajstić information content (AvgIpc) is 3.32. The number of ether oxygens (including phenoxy) is 9. The quantitative estimate of drug-likeness (QED) is 0.270. The summed E-state index contributed by atoms with van der Waals surface area (Å²) in [6.45, 7) is 7.30. The molecule has 0 aromatic carbocycles. The molecule has 5 rings (SSSR count). The molecule has 58 heavy (non-hydrogen) atoms. The van der Waals surface area contributed by atoms with Crippen molar-refractivity contribution in [1.82, 2.24) is 4.98 Å². The lowest BCUT2D eigenvalue weighted by Gasteiger charge is -2.67. The number of aliphatic hydroxyl groups is 2. The Balaban J connectivity index is 2.01. The Morgan fingerprint density at radius 1 is 0.776 bits per heavy atom. The van der Waals surface area contributed by atoms with Gasteiger partial charge in [0.2, 0.25) is 0 Å². The number of esters is 8. The van der Waals surface area contributed by atoms with Gasteiger partial charge in [0.1, 0.15) is 42.0 Å². The van der Waals surface area contributed by atoms with Gasteiger partial charge in [-0.25, -0.2) is 9.59 Å². The van der Waals surface area contributed by atoms with E-state index < -0.39 is 138 Å². The number of nitrogens with zero attached hydrogens (tertiary/aromatic N) is 1. The van der Waals surface area contributed by atoms with Crippen molar-refractivity contribution < 1.29 is 91.2 Å². The van der Waals surface area contributed by atoms with Gasteiger partial charge in [-0.1, -0.05) is 0 Å². The molecule has 4 aliphatic rings. The number of cyclic esters (lactones) is 1. The smallest absolute Gasteiger partial charge is 0.340 e. The van der Waals surface area contributed by atoms with Gasteiger partial charge >= 0.3 is 47.8 Å². The zero-order valence-corrected chi connectivity index (χ0v) is 33.4. The Hall–Kier alpha value is -5.21. The van der Waals surface area contributed by atoms with Crippen LogP contribution in [0.3, 0.4) is 0 Å². The van der Waals surface area contributed by atoms with Crippen molar-refractivity contribution >= 4 is 47.8 Å². The molecule has 1 spiro atoms. The van der Waals surface area contributed by atoms with Crippen molar-refractivity contribution in [1.29, 1.82) is 0 Å². The van der Waals surface area contributed by atoms with Crippen LogP contribution in [0.15, 0.2) is 18.3 Å². The van der Waals surface area contributed by atoms with Gasteiger partial charge < -0.3 is 52.8 Å². The third-order valence-electron chi connectivity index (χ3n) is 11.2. The van der Waals surface area contributed by atoms with Crippen molar-refractivity contribution in [2.45, 2.75) is 134 Å². The number of pyridine rings is 1. The highest BCUT2D eigenvalue weighted by Gasteiger charge is 2.92. The number of carbonyl (C=O) groups is 8. The average molecular weight is 822 g/mol. The Morgan fingerprint density at radius 3 is 1.86 bits per heavy atom. The topological polar surface area (TPSA) is 273 Å². The fourth-order valence-electron chi connectivity index (χ4n) is 9.15. The van der Waals surface area contributed by atoms with Gasteiger partial charge in [-0.15, -0.1) is 0 Å². The van der Waals surface area contributed by atoms with Gasteiger partial charge in [-0.05, 0) is 45.7 Å². The molecule has 0 radical (unpaired) electrons. The molecular formula is C38H47NO19. The minimum Gasteiger partial charge on any atom is -0.465 e. The van der Waals surface area contributed by atoms with E-state index >= 15 is 0 Å². The molecule has 1 saturated heterocycles. The van der Waals surface area contributed by atoms with Crippen LogP contribution in [-0.2, 0) is 82.6 Å². The molecule has 2 N–H and O–H groups in total. The SMILES string of the molecule is CC(=O)OC[C@]12[C@H](OC(C)=O)[C@H](OC(C)=O)[C@@H]3[C@@H](OC(C)=O)[C@]14O[C@@]3(C)COC(=O)c1cccnc1CCC(C)(O)C(=O)O[C@@H]([C@H](OC(C)=O)[C@@H]2OC(C)=O)[C@]4(C)O. The summed E-state index contributed by atoms with van der Waals surface area (Å²) in [6.07, 6.45) is -11.7. The largest absolute Gasteiger partial charge is 0.465 e. The Morgan fingerprint density at radius 2 is 1.31 bits per heavy atom. The third-order valence-corrected chi connectivity index (χ3v) is 11.2. The summed E-state index contributed by atoms with van der Waals surface area (Å²) in [4.78, 5) is 111. The zero-order chi connectivity index (χ0) is 43.3.